The Kier molecular flexibility index (Phi) is 9.25. The van der Waals surface area contributed by atoms with Crippen LogP contribution < -0.4 is 29.0 Å². The van der Waals surface area contributed by atoms with E-state index in [9.17, 15) is 23.1 Å². The molecule has 2 aliphatic rings. The lowest BCUT2D eigenvalue weighted by molar-refractivity contribution is 0.0373. The molecule has 3 atom stereocenters. The first-order valence-corrected chi connectivity index (χ1v) is 15.8. The number of nitrogens with zero attached hydrogens (tertiary/aromatic N) is 2. The van der Waals surface area contributed by atoms with Gasteiger partial charge in [0.1, 0.15) is 11.9 Å². The molecule has 0 spiro atoms. The highest BCUT2D eigenvalue weighted by Crippen LogP contribution is 2.37. The third kappa shape index (κ3) is 6.86. The number of hydrogen-bond acceptors (Lipinski definition) is 9. The number of rotatable bonds is 9. The van der Waals surface area contributed by atoms with Crippen LogP contribution in [0.1, 0.15) is 24.2 Å². The summed E-state index contributed by atoms with van der Waals surface area (Å²) in [6.45, 7) is 3.74. The van der Waals surface area contributed by atoms with Crippen molar-refractivity contribution >= 4 is 33.3 Å². The van der Waals surface area contributed by atoms with Crippen LogP contribution in [0, 0.1) is 5.92 Å². The number of hydrogen-bond donors (Lipinski definition) is 3. The van der Waals surface area contributed by atoms with E-state index < -0.39 is 34.1 Å². The van der Waals surface area contributed by atoms with E-state index in [-0.39, 0.29) is 54.3 Å². The fourth-order valence-corrected chi connectivity index (χ4v) is 6.11. The Morgan fingerprint density at radius 2 is 1.87 bits per heavy atom. The highest BCUT2D eigenvalue weighted by atomic mass is 32.2. The Balaban J connectivity index is 1.44. The summed E-state index contributed by atoms with van der Waals surface area (Å²) in [6, 6.07) is 14.6. The maximum atomic E-state index is 13.8. The van der Waals surface area contributed by atoms with Gasteiger partial charge in [0.15, 0.2) is 17.2 Å². The fourth-order valence-electron chi connectivity index (χ4n) is 5.05. The third-order valence-corrected chi connectivity index (χ3v) is 9.11. The highest BCUT2D eigenvalue weighted by Gasteiger charge is 2.35. The van der Waals surface area contributed by atoms with Gasteiger partial charge >= 0.3 is 6.03 Å². The lowest BCUT2D eigenvalue weighted by atomic mass is 9.99. The Hall–Kier alpha value is -4.69. The molecule has 240 valence electrons. The van der Waals surface area contributed by atoms with Crippen LogP contribution in [0.2, 0.25) is 0 Å². The van der Waals surface area contributed by atoms with Gasteiger partial charge in [-0.25, -0.2) is 13.2 Å². The molecule has 0 aliphatic carbocycles. The summed E-state index contributed by atoms with van der Waals surface area (Å²) in [5.41, 5.74) is 0.686. The monoisotopic (exact) mass is 640 g/mol. The zero-order valence-corrected chi connectivity index (χ0v) is 26.2. The number of anilines is 2. The van der Waals surface area contributed by atoms with Crippen molar-refractivity contribution < 1.29 is 42.1 Å². The summed E-state index contributed by atoms with van der Waals surface area (Å²) in [5.74, 6) is 0.882. The molecular weight excluding hydrogens is 604 g/mol. The average molecular weight is 641 g/mol. The fraction of sp³-hybridized carbons (Fsp3) is 0.355. The van der Waals surface area contributed by atoms with E-state index in [1.807, 2.05) is 6.92 Å². The lowest BCUT2D eigenvalue weighted by Crippen LogP contribution is -2.50. The van der Waals surface area contributed by atoms with E-state index in [4.69, 9.17) is 18.9 Å². The first-order chi connectivity index (χ1) is 21.5. The SMILES string of the molecule is COc1ccc(S(=O)(=O)Nc2cccc3c2O[C@H](CN(C)C(=O)Nc2ccc4c(c2)OCO4)[C@@H](C)CN([C@H](C)CO)C3=O)cc1. The molecule has 14 heteroatoms. The van der Waals surface area contributed by atoms with E-state index in [2.05, 4.69) is 10.0 Å². The number of carbonyl (C=O) groups excluding carboxylic acids is 2. The Bertz CT molecular complexity index is 1670. The van der Waals surface area contributed by atoms with Crippen molar-refractivity contribution in [2.24, 2.45) is 5.92 Å². The molecule has 0 saturated heterocycles. The van der Waals surface area contributed by atoms with E-state index in [0.29, 0.717) is 22.9 Å². The van der Waals surface area contributed by atoms with Crippen molar-refractivity contribution in [1.82, 2.24) is 9.80 Å². The molecule has 3 aromatic carbocycles. The number of methoxy groups -OCH3 is 1. The summed E-state index contributed by atoms with van der Waals surface area (Å²) in [4.78, 5) is 29.9. The van der Waals surface area contributed by atoms with Crippen molar-refractivity contribution in [2.75, 3.05) is 50.7 Å². The van der Waals surface area contributed by atoms with Crippen LogP contribution in [0.4, 0.5) is 16.2 Å². The van der Waals surface area contributed by atoms with Crippen LogP contribution in [-0.2, 0) is 10.0 Å². The molecule has 0 unspecified atom stereocenters. The largest absolute Gasteiger partial charge is 0.497 e. The molecular formula is C31H36N4O9S. The number of sulfonamides is 1. The predicted molar refractivity (Wildman–Crippen MR) is 166 cm³/mol. The highest BCUT2D eigenvalue weighted by molar-refractivity contribution is 7.92. The minimum atomic E-state index is -4.10. The summed E-state index contributed by atoms with van der Waals surface area (Å²) >= 11 is 0. The molecule has 0 fully saturated rings. The minimum absolute atomic E-state index is 0.0153. The van der Waals surface area contributed by atoms with Crippen LogP contribution in [0.25, 0.3) is 0 Å². The number of para-hydroxylation sites is 1. The number of likely N-dealkylation sites (N-methyl/N-ethyl adjacent to an activating group) is 1. The smallest absolute Gasteiger partial charge is 0.321 e. The number of aliphatic hydroxyl groups is 1. The van der Waals surface area contributed by atoms with Crippen molar-refractivity contribution in [2.45, 2.75) is 30.9 Å². The average Bonchev–Trinajstić information content (AvgIpc) is 3.50. The second kappa shape index (κ2) is 13.1. The van der Waals surface area contributed by atoms with Gasteiger partial charge < -0.3 is 39.2 Å². The summed E-state index contributed by atoms with van der Waals surface area (Å²) in [5, 5.41) is 12.8. The van der Waals surface area contributed by atoms with Crippen molar-refractivity contribution in [1.29, 1.82) is 0 Å². The quantitative estimate of drug-likeness (QED) is 0.318. The second-order valence-electron chi connectivity index (χ2n) is 11.0. The van der Waals surface area contributed by atoms with Crippen LogP contribution in [-0.4, -0.2) is 88.1 Å². The van der Waals surface area contributed by atoms with E-state index >= 15 is 0 Å². The molecule has 3 amide bonds. The third-order valence-electron chi connectivity index (χ3n) is 7.73. The zero-order valence-electron chi connectivity index (χ0n) is 25.3. The van der Waals surface area contributed by atoms with Crippen LogP contribution in [0.5, 0.6) is 23.0 Å². The summed E-state index contributed by atoms with van der Waals surface area (Å²) in [6.07, 6.45) is -0.676. The lowest BCUT2D eigenvalue weighted by Gasteiger charge is -2.38. The number of nitrogens with one attached hydrogen (secondary N) is 2. The number of benzene rings is 3. The molecule has 45 heavy (non-hydrogen) atoms. The molecule has 2 heterocycles. The van der Waals surface area contributed by atoms with Crippen molar-refractivity contribution in [3.8, 4) is 23.0 Å². The van der Waals surface area contributed by atoms with E-state index in [1.165, 1.54) is 47.2 Å². The van der Waals surface area contributed by atoms with E-state index in [0.717, 1.165) is 0 Å². The molecule has 3 aromatic rings. The van der Waals surface area contributed by atoms with Gasteiger partial charge in [-0.15, -0.1) is 0 Å². The summed E-state index contributed by atoms with van der Waals surface area (Å²) in [7, 11) is -1.01. The number of amides is 3. The Morgan fingerprint density at radius 3 is 2.58 bits per heavy atom. The summed E-state index contributed by atoms with van der Waals surface area (Å²) < 4.78 is 51.6. The van der Waals surface area contributed by atoms with Crippen LogP contribution in [0.15, 0.2) is 65.6 Å². The normalized spacial score (nSPS) is 18.2. The molecule has 0 bridgehead atoms. The van der Waals surface area contributed by atoms with E-state index in [1.54, 1.807) is 44.3 Å². The van der Waals surface area contributed by atoms with Crippen LogP contribution in [0.3, 0.4) is 0 Å². The number of urea groups is 1. The van der Waals surface area contributed by atoms with Gasteiger partial charge in [0.2, 0.25) is 6.79 Å². The number of carbonyl (C=O) groups is 2. The zero-order chi connectivity index (χ0) is 32.3. The molecule has 0 radical (unpaired) electrons. The molecule has 0 aromatic heterocycles. The maximum Gasteiger partial charge on any atom is 0.321 e. The van der Waals surface area contributed by atoms with Crippen molar-refractivity contribution in [3.05, 3.63) is 66.2 Å². The van der Waals surface area contributed by atoms with Gasteiger partial charge in [0.05, 0.1) is 42.4 Å². The van der Waals surface area contributed by atoms with Gasteiger partial charge in [-0.2, -0.15) is 0 Å². The van der Waals surface area contributed by atoms with Gasteiger partial charge in [-0.3, -0.25) is 9.52 Å². The predicted octanol–water partition coefficient (Wildman–Crippen LogP) is 3.61. The van der Waals surface area contributed by atoms with Gasteiger partial charge in [0, 0.05) is 31.3 Å². The number of fused-ring (bicyclic) bond motifs is 2. The first-order valence-electron chi connectivity index (χ1n) is 14.3. The first kappa shape index (κ1) is 31.7. The van der Waals surface area contributed by atoms with Crippen molar-refractivity contribution in [3.63, 3.8) is 0 Å². The van der Waals surface area contributed by atoms with Crippen LogP contribution >= 0.6 is 0 Å². The maximum absolute atomic E-state index is 13.8. The Labute approximate surface area is 261 Å². The second-order valence-corrected chi connectivity index (χ2v) is 12.6. The number of ether oxygens (including phenoxy) is 4. The number of aliphatic hydroxyl groups excluding tert-OH is 1. The molecule has 0 saturated carbocycles. The topological polar surface area (TPSA) is 156 Å². The molecule has 3 N–H and O–H groups in total. The van der Waals surface area contributed by atoms with Gasteiger partial charge in [0.25, 0.3) is 15.9 Å². The minimum Gasteiger partial charge on any atom is -0.497 e. The molecule has 5 rings (SSSR count). The molecule has 2 aliphatic heterocycles. The molecule has 13 nitrogen and oxygen atoms in total. The Morgan fingerprint density at radius 1 is 1.13 bits per heavy atom. The van der Waals surface area contributed by atoms with Gasteiger partial charge in [-0.1, -0.05) is 13.0 Å². The standard InChI is InChI=1S/C31H36N4O9S/c1-19-15-35(20(2)17-36)30(37)24-6-5-7-25(33-45(39,40)23-11-9-22(41-4)10-12-23)29(24)44-28(19)16-34(3)31(38)32-21-8-13-26-27(14-21)43-18-42-26/h5-14,19-20,28,33,36H,15-18H2,1-4H3,(H,32,38)/t19-,20+,28+/m0/s1. The van der Waals surface area contributed by atoms with Gasteiger partial charge in [-0.05, 0) is 55.5 Å².